The normalized spacial score (nSPS) is 11.6. The number of rotatable bonds is 11. The van der Waals surface area contributed by atoms with Crippen LogP contribution in [-0.2, 0) is 21.7 Å². The molecule has 0 saturated heterocycles. The second kappa shape index (κ2) is 13.6. The van der Waals surface area contributed by atoms with Crippen LogP contribution >= 0.6 is 11.8 Å². The highest BCUT2D eigenvalue weighted by atomic mass is 32.2. The first-order valence-corrected chi connectivity index (χ1v) is 13.5. The van der Waals surface area contributed by atoms with Crippen molar-refractivity contribution < 1.29 is 18.7 Å². The van der Waals surface area contributed by atoms with E-state index in [-0.39, 0.29) is 19.0 Å². The molecule has 2 N–H and O–H groups in total. The largest absolute Gasteiger partial charge is 0.465 e. The van der Waals surface area contributed by atoms with E-state index in [1.807, 2.05) is 66.1 Å². The van der Waals surface area contributed by atoms with Crippen LogP contribution in [0, 0.1) is 12.7 Å². The van der Waals surface area contributed by atoms with Crippen LogP contribution in [-0.4, -0.2) is 39.9 Å². The topological polar surface area (TPSA) is 98.1 Å². The van der Waals surface area contributed by atoms with Crippen molar-refractivity contribution in [3.05, 3.63) is 107 Å². The van der Waals surface area contributed by atoms with Crippen LogP contribution in [0.1, 0.15) is 35.5 Å². The summed E-state index contributed by atoms with van der Waals surface area (Å²) < 4.78 is 20.2. The molecule has 2 amide bonds. The number of halogens is 1. The molecule has 0 aliphatic heterocycles. The second-order valence-electron chi connectivity index (χ2n) is 8.80. The lowest BCUT2D eigenvalue weighted by Gasteiger charge is -2.20. The van der Waals surface area contributed by atoms with Crippen molar-refractivity contribution in [2.45, 2.75) is 37.2 Å². The predicted octanol–water partition coefficient (Wildman–Crippen LogP) is 5.15. The highest BCUT2D eigenvalue weighted by Crippen LogP contribution is 2.29. The first-order chi connectivity index (χ1) is 18.9. The van der Waals surface area contributed by atoms with Gasteiger partial charge in [0.15, 0.2) is 11.0 Å². The van der Waals surface area contributed by atoms with Crippen molar-refractivity contribution in [3.8, 4) is 5.69 Å². The minimum absolute atomic E-state index is 0.233. The van der Waals surface area contributed by atoms with Crippen molar-refractivity contribution in [1.29, 1.82) is 0 Å². The molecular formula is C29H30FN5O3S. The highest BCUT2D eigenvalue weighted by Gasteiger charge is 2.25. The molecule has 4 aromatic rings. The van der Waals surface area contributed by atoms with Crippen molar-refractivity contribution in [1.82, 2.24) is 25.4 Å². The van der Waals surface area contributed by atoms with Crippen LogP contribution in [0.5, 0.6) is 0 Å². The third-order valence-electron chi connectivity index (χ3n) is 5.83. The number of amides is 2. The highest BCUT2D eigenvalue weighted by molar-refractivity contribution is 7.98. The average molecular weight is 548 g/mol. The molecule has 4 rings (SSSR count). The zero-order valence-corrected chi connectivity index (χ0v) is 22.6. The Morgan fingerprint density at radius 3 is 2.38 bits per heavy atom. The Bertz CT molecular complexity index is 1380. The molecule has 202 valence electrons. The Morgan fingerprint density at radius 1 is 0.974 bits per heavy atom. The zero-order chi connectivity index (χ0) is 27.6. The average Bonchev–Trinajstić information content (AvgIpc) is 3.36. The number of benzene rings is 3. The van der Waals surface area contributed by atoms with E-state index in [2.05, 4.69) is 20.8 Å². The number of carbonyl (C=O) groups excluding carboxylic acids is 2. The third-order valence-corrected chi connectivity index (χ3v) is 6.83. The molecule has 0 aliphatic rings. The van der Waals surface area contributed by atoms with E-state index >= 15 is 0 Å². The number of aromatic nitrogens is 3. The molecule has 1 heterocycles. The van der Waals surface area contributed by atoms with E-state index in [4.69, 9.17) is 4.74 Å². The fraction of sp³-hybridized carbons (Fsp3) is 0.241. The summed E-state index contributed by atoms with van der Waals surface area (Å²) in [6, 6.07) is 22.9. The van der Waals surface area contributed by atoms with Gasteiger partial charge in [-0.3, -0.25) is 9.36 Å². The molecule has 3 aromatic carbocycles. The summed E-state index contributed by atoms with van der Waals surface area (Å²) in [6.07, 6.45) is 0.445. The SMILES string of the molecule is CCOC(=O)CNC(=O)NC(Cc1ccccc1)c1nnc(SCc2ccc(F)cc2)n1-c1ccc(C)cc1. The quantitative estimate of drug-likeness (QED) is 0.199. The van der Waals surface area contributed by atoms with Crippen molar-refractivity contribution in [2.24, 2.45) is 0 Å². The summed E-state index contributed by atoms with van der Waals surface area (Å²) in [7, 11) is 0. The Kier molecular flexibility index (Phi) is 9.69. The number of hydrogen-bond donors (Lipinski definition) is 2. The predicted molar refractivity (Wildman–Crippen MR) is 148 cm³/mol. The van der Waals surface area contributed by atoms with E-state index in [1.54, 1.807) is 19.1 Å². The van der Waals surface area contributed by atoms with Gasteiger partial charge in [0.2, 0.25) is 0 Å². The van der Waals surface area contributed by atoms with Gasteiger partial charge in [0.1, 0.15) is 12.4 Å². The van der Waals surface area contributed by atoms with E-state index in [0.717, 1.165) is 22.4 Å². The van der Waals surface area contributed by atoms with E-state index in [0.29, 0.717) is 23.2 Å². The molecule has 10 heteroatoms. The van der Waals surface area contributed by atoms with Crippen molar-refractivity contribution in [2.75, 3.05) is 13.2 Å². The lowest BCUT2D eigenvalue weighted by Crippen LogP contribution is -2.42. The number of nitrogens with zero attached hydrogens (tertiary/aromatic N) is 3. The number of thioether (sulfide) groups is 1. The molecule has 0 saturated carbocycles. The lowest BCUT2D eigenvalue weighted by molar-refractivity contribution is -0.141. The summed E-state index contributed by atoms with van der Waals surface area (Å²) in [5, 5.41) is 15.1. The molecule has 1 atom stereocenters. The van der Waals surface area contributed by atoms with Gasteiger partial charge in [-0.05, 0) is 49.2 Å². The van der Waals surface area contributed by atoms with Crippen molar-refractivity contribution in [3.63, 3.8) is 0 Å². The van der Waals surface area contributed by atoms with Gasteiger partial charge in [-0.25, -0.2) is 9.18 Å². The summed E-state index contributed by atoms with van der Waals surface area (Å²) in [6.45, 7) is 3.70. The maximum atomic E-state index is 13.4. The summed E-state index contributed by atoms with van der Waals surface area (Å²) in [5.74, 6) is 0.288. The fourth-order valence-corrected chi connectivity index (χ4v) is 4.81. The molecule has 0 radical (unpaired) electrons. The van der Waals surface area contributed by atoms with E-state index in [1.165, 1.54) is 23.9 Å². The molecule has 8 nitrogen and oxygen atoms in total. The molecule has 0 bridgehead atoms. The number of nitrogens with one attached hydrogen (secondary N) is 2. The zero-order valence-electron chi connectivity index (χ0n) is 21.8. The minimum atomic E-state index is -0.566. The molecule has 1 aromatic heterocycles. The van der Waals surface area contributed by atoms with Gasteiger partial charge >= 0.3 is 12.0 Å². The summed E-state index contributed by atoms with van der Waals surface area (Å²) >= 11 is 1.47. The Balaban J connectivity index is 1.66. The smallest absolute Gasteiger partial charge is 0.325 e. The Labute approximate surface area is 231 Å². The third kappa shape index (κ3) is 7.90. The van der Waals surface area contributed by atoms with Gasteiger partial charge in [-0.15, -0.1) is 10.2 Å². The number of aryl methyl sites for hydroxylation is 1. The van der Waals surface area contributed by atoms with Crippen LogP contribution in [0.15, 0.2) is 84.0 Å². The first kappa shape index (κ1) is 27.8. The van der Waals surface area contributed by atoms with Crippen LogP contribution in [0.25, 0.3) is 5.69 Å². The lowest BCUT2D eigenvalue weighted by atomic mass is 10.1. The van der Waals surface area contributed by atoms with Crippen LogP contribution < -0.4 is 10.6 Å². The van der Waals surface area contributed by atoms with Gasteiger partial charge in [-0.2, -0.15) is 0 Å². The van der Waals surface area contributed by atoms with Crippen LogP contribution in [0.4, 0.5) is 9.18 Å². The van der Waals surface area contributed by atoms with Gasteiger partial charge in [0.25, 0.3) is 0 Å². The Morgan fingerprint density at radius 2 is 1.69 bits per heavy atom. The standard InChI is InChI=1S/C29H30FN5O3S/c1-3-38-26(36)18-31-28(37)32-25(17-21-7-5-4-6-8-21)27-33-34-29(35(27)24-15-9-20(2)10-16-24)39-19-22-11-13-23(30)14-12-22/h4-16,25H,3,17-19H2,1-2H3,(H2,31,32,37). The molecule has 1 unspecified atom stereocenters. The maximum Gasteiger partial charge on any atom is 0.325 e. The van der Waals surface area contributed by atoms with E-state index in [9.17, 15) is 14.0 Å². The number of hydrogen-bond acceptors (Lipinski definition) is 6. The van der Waals surface area contributed by atoms with Gasteiger partial charge in [-0.1, -0.05) is 71.9 Å². The molecule has 39 heavy (non-hydrogen) atoms. The molecular weight excluding hydrogens is 517 g/mol. The summed E-state index contributed by atoms with van der Waals surface area (Å²) in [4.78, 5) is 24.6. The molecule has 0 spiro atoms. The molecule has 0 fully saturated rings. The van der Waals surface area contributed by atoms with Gasteiger partial charge in [0.05, 0.1) is 12.6 Å². The van der Waals surface area contributed by atoms with Crippen molar-refractivity contribution >= 4 is 23.8 Å². The fourth-order valence-electron chi connectivity index (χ4n) is 3.90. The van der Waals surface area contributed by atoms with Crippen LogP contribution in [0.3, 0.4) is 0 Å². The monoisotopic (exact) mass is 547 g/mol. The second-order valence-corrected chi connectivity index (χ2v) is 9.74. The Hall–Kier alpha value is -4.18. The maximum absolute atomic E-state index is 13.4. The minimum Gasteiger partial charge on any atom is -0.465 e. The van der Waals surface area contributed by atoms with Gasteiger partial charge in [0, 0.05) is 17.9 Å². The van der Waals surface area contributed by atoms with Crippen LogP contribution in [0.2, 0.25) is 0 Å². The van der Waals surface area contributed by atoms with E-state index < -0.39 is 18.0 Å². The number of ether oxygens (including phenoxy) is 1. The number of urea groups is 1. The molecule has 0 aliphatic carbocycles. The number of carbonyl (C=O) groups is 2. The summed E-state index contributed by atoms with van der Waals surface area (Å²) in [5.41, 5.74) is 3.88. The van der Waals surface area contributed by atoms with Gasteiger partial charge < -0.3 is 15.4 Å². The number of esters is 1. The first-order valence-electron chi connectivity index (χ1n) is 12.6.